The van der Waals surface area contributed by atoms with Crippen molar-refractivity contribution in [1.82, 2.24) is 4.98 Å². The van der Waals surface area contributed by atoms with Gasteiger partial charge in [-0.1, -0.05) is 33.8 Å². The van der Waals surface area contributed by atoms with E-state index in [-0.39, 0.29) is 10.8 Å². The molecule has 2 heterocycles. The minimum absolute atomic E-state index is 0.0886. The smallest absolute Gasteiger partial charge is 0.0882 e. The summed E-state index contributed by atoms with van der Waals surface area (Å²) in [4.78, 5) is 8.86. The lowest BCUT2D eigenvalue weighted by Crippen LogP contribution is -2.34. The van der Waals surface area contributed by atoms with Crippen LogP contribution in [-0.2, 0) is 0 Å². The third kappa shape index (κ3) is 1.80. The van der Waals surface area contributed by atoms with E-state index in [0.29, 0.717) is 0 Å². The molecule has 0 saturated carbocycles. The van der Waals surface area contributed by atoms with Gasteiger partial charge in [0.25, 0.3) is 0 Å². The van der Waals surface area contributed by atoms with Gasteiger partial charge in [-0.05, 0) is 23.6 Å². The zero-order chi connectivity index (χ0) is 11.8. The highest BCUT2D eigenvalue weighted by atomic mass is 14.8. The van der Waals surface area contributed by atoms with E-state index in [1.807, 2.05) is 24.4 Å². The van der Waals surface area contributed by atoms with E-state index in [0.717, 1.165) is 11.4 Å². The highest BCUT2D eigenvalue weighted by Crippen LogP contribution is 2.43. The molecule has 0 radical (unpaired) electrons. The predicted molar refractivity (Wildman–Crippen MR) is 68.3 cm³/mol. The second kappa shape index (κ2) is 3.55. The first kappa shape index (κ1) is 11.1. The van der Waals surface area contributed by atoms with E-state index >= 15 is 0 Å². The molecule has 1 aliphatic rings. The highest BCUT2D eigenvalue weighted by molar-refractivity contribution is 5.80. The Labute approximate surface area is 97.1 Å². The molecule has 0 aromatic carbocycles. The predicted octanol–water partition coefficient (Wildman–Crippen LogP) is 3.56. The molecule has 0 fully saturated rings. The SMILES string of the molecule is CC1(C)C=NC(c2ccccn2)=CC1(C)C. The van der Waals surface area contributed by atoms with Crippen LogP contribution in [0.25, 0.3) is 5.70 Å². The van der Waals surface area contributed by atoms with Crippen LogP contribution in [0, 0.1) is 10.8 Å². The molecule has 0 bridgehead atoms. The molecule has 1 aliphatic heterocycles. The molecule has 0 saturated heterocycles. The van der Waals surface area contributed by atoms with Gasteiger partial charge in [0.1, 0.15) is 0 Å². The fourth-order valence-electron chi connectivity index (χ4n) is 1.62. The number of hydrogen-bond acceptors (Lipinski definition) is 2. The van der Waals surface area contributed by atoms with Crippen molar-refractivity contribution in [2.75, 3.05) is 0 Å². The lowest BCUT2D eigenvalue weighted by Gasteiger charge is -2.39. The van der Waals surface area contributed by atoms with Crippen molar-refractivity contribution in [3.8, 4) is 0 Å². The fourth-order valence-corrected chi connectivity index (χ4v) is 1.62. The molecule has 0 unspecified atom stereocenters. The summed E-state index contributed by atoms with van der Waals surface area (Å²) in [5.41, 5.74) is 2.11. The van der Waals surface area contributed by atoms with Crippen LogP contribution in [-0.4, -0.2) is 11.2 Å². The first-order valence-corrected chi connectivity index (χ1v) is 5.62. The third-order valence-electron chi connectivity index (χ3n) is 3.61. The minimum Gasteiger partial charge on any atom is -0.259 e. The normalized spacial score (nSPS) is 21.6. The van der Waals surface area contributed by atoms with Crippen LogP contribution in [0.15, 0.2) is 35.5 Å². The van der Waals surface area contributed by atoms with E-state index in [4.69, 9.17) is 0 Å². The van der Waals surface area contributed by atoms with E-state index < -0.39 is 0 Å². The molecule has 0 atom stereocenters. The Morgan fingerprint density at radius 2 is 1.75 bits per heavy atom. The van der Waals surface area contributed by atoms with Crippen molar-refractivity contribution in [3.05, 3.63) is 36.2 Å². The van der Waals surface area contributed by atoms with Crippen molar-refractivity contribution in [3.63, 3.8) is 0 Å². The maximum atomic E-state index is 4.52. The number of rotatable bonds is 1. The molecule has 2 nitrogen and oxygen atoms in total. The summed E-state index contributed by atoms with van der Waals surface area (Å²) in [6.07, 6.45) is 6.06. The lowest BCUT2D eigenvalue weighted by atomic mass is 9.67. The second-order valence-corrected chi connectivity index (χ2v) is 5.45. The van der Waals surface area contributed by atoms with Gasteiger partial charge in [-0.15, -0.1) is 0 Å². The Balaban J connectivity index is 2.41. The van der Waals surface area contributed by atoms with Crippen LogP contribution >= 0.6 is 0 Å². The summed E-state index contributed by atoms with van der Waals surface area (Å²) in [6, 6.07) is 5.91. The van der Waals surface area contributed by atoms with Gasteiger partial charge < -0.3 is 0 Å². The molecule has 84 valence electrons. The maximum Gasteiger partial charge on any atom is 0.0882 e. The van der Waals surface area contributed by atoms with Gasteiger partial charge in [0.05, 0.1) is 11.4 Å². The first-order chi connectivity index (χ1) is 7.42. The molecule has 1 aromatic heterocycles. The Hall–Kier alpha value is -1.44. The summed E-state index contributed by atoms with van der Waals surface area (Å²) in [7, 11) is 0. The average Bonchev–Trinajstić information content (AvgIpc) is 2.23. The van der Waals surface area contributed by atoms with Crippen molar-refractivity contribution in [1.29, 1.82) is 0 Å². The van der Waals surface area contributed by atoms with Gasteiger partial charge in [-0.2, -0.15) is 0 Å². The Morgan fingerprint density at radius 3 is 2.31 bits per heavy atom. The Kier molecular flexibility index (Phi) is 2.45. The van der Waals surface area contributed by atoms with Gasteiger partial charge >= 0.3 is 0 Å². The molecule has 16 heavy (non-hydrogen) atoms. The summed E-state index contributed by atoms with van der Waals surface area (Å²) < 4.78 is 0. The van der Waals surface area contributed by atoms with E-state index in [9.17, 15) is 0 Å². The first-order valence-electron chi connectivity index (χ1n) is 5.62. The standard InChI is InChI=1S/C14H18N2/c1-13(2)9-12(16-10-14(13,3)4)11-7-5-6-8-15-11/h5-10H,1-4H3. The van der Waals surface area contributed by atoms with E-state index in [2.05, 4.69) is 43.7 Å². The molecular formula is C14H18N2. The van der Waals surface area contributed by atoms with Gasteiger partial charge in [0, 0.05) is 17.8 Å². The minimum atomic E-state index is 0.0886. The van der Waals surface area contributed by atoms with Crippen molar-refractivity contribution in [2.45, 2.75) is 27.7 Å². The van der Waals surface area contributed by atoms with E-state index in [1.165, 1.54) is 0 Å². The van der Waals surface area contributed by atoms with Crippen LogP contribution in [0.2, 0.25) is 0 Å². The molecule has 0 aliphatic carbocycles. The molecular weight excluding hydrogens is 196 g/mol. The van der Waals surface area contributed by atoms with Gasteiger partial charge in [0.2, 0.25) is 0 Å². The summed E-state index contributed by atoms with van der Waals surface area (Å²) in [5, 5.41) is 0. The van der Waals surface area contributed by atoms with Gasteiger partial charge in [0.15, 0.2) is 0 Å². The fraction of sp³-hybridized carbons (Fsp3) is 0.429. The van der Waals surface area contributed by atoms with Crippen LogP contribution < -0.4 is 0 Å². The monoisotopic (exact) mass is 214 g/mol. The summed E-state index contributed by atoms with van der Waals surface area (Å²) in [5.74, 6) is 0. The van der Waals surface area contributed by atoms with Gasteiger partial charge in [-0.3, -0.25) is 9.98 Å². The summed E-state index contributed by atoms with van der Waals surface area (Å²) in [6.45, 7) is 8.90. The average molecular weight is 214 g/mol. The van der Waals surface area contributed by atoms with Gasteiger partial charge in [-0.25, -0.2) is 0 Å². The van der Waals surface area contributed by atoms with Crippen molar-refractivity contribution < 1.29 is 0 Å². The quantitative estimate of drug-likeness (QED) is 0.701. The number of aromatic nitrogens is 1. The maximum absolute atomic E-state index is 4.52. The van der Waals surface area contributed by atoms with Crippen LogP contribution in [0.3, 0.4) is 0 Å². The third-order valence-corrected chi connectivity index (χ3v) is 3.61. The van der Waals surface area contributed by atoms with Crippen molar-refractivity contribution >= 4 is 11.9 Å². The molecule has 0 amide bonds. The Bertz CT molecular complexity index is 439. The Morgan fingerprint density at radius 1 is 1.00 bits per heavy atom. The van der Waals surface area contributed by atoms with E-state index in [1.54, 1.807) is 6.20 Å². The molecule has 1 aromatic rings. The second-order valence-electron chi connectivity index (χ2n) is 5.45. The largest absolute Gasteiger partial charge is 0.259 e. The van der Waals surface area contributed by atoms with Crippen LogP contribution in [0.1, 0.15) is 33.4 Å². The highest BCUT2D eigenvalue weighted by Gasteiger charge is 2.36. The topological polar surface area (TPSA) is 25.2 Å². The summed E-state index contributed by atoms with van der Waals surface area (Å²) >= 11 is 0. The molecule has 2 rings (SSSR count). The number of pyridine rings is 1. The van der Waals surface area contributed by atoms with Crippen LogP contribution in [0.5, 0.6) is 0 Å². The lowest BCUT2D eigenvalue weighted by molar-refractivity contribution is 0.263. The zero-order valence-corrected chi connectivity index (χ0v) is 10.4. The zero-order valence-electron chi connectivity index (χ0n) is 10.4. The number of nitrogens with zero attached hydrogens (tertiary/aromatic N) is 2. The van der Waals surface area contributed by atoms with Crippen LogP contribution in [0.4, 0.5) is 0 Å². The molecule has 2 heteroatoms. The number of hydrogen-bond donors (Lipinski definition) is 0. The number of allylic oxidation sites excluding steroid dienone is 1. The molecule has 0 N–H and O–H groups in total. The number of aliphatic imine (C=N–C) groups is 1. The van der Waals surface area contributed by atoms with Crippen molar-refractivity contribution in [2.24, 2.45) is 15.8 Å². The molecule has 0 spiro atoms.